The third kappa shape index (κ3) is 3.51. The average molecular weight is 264 g/mol. The van der Waals surface area contributed by atoms with Gasteiger partial charge in [0.25, 0.3) is 0 Å². The van der Waals surface area contributed by atoms with Crippen molar-refractivity contribution in [1.82, 2.24) is 0 Å². The van der Waals surface area contributed by atoms with E-state index in [9.17, 15) is 13.9 Å². The maximum atomic E-state index is 13.6. The Morgan fingerprint density at radius 2 is 1.95 bits per heavy atom. The van der Waals surface area contributed by atoms with Crippen LogP contribution in [0.4, 0.5) is 8.78 Å². The minimum atomic E-state index is -0.864. The first-order chi connectivity index (χ1) is 9.06. The van der Waals surface area contributed by atoms with E-state index in [0.717, 1.165) is 0 Å². The highest BCUT2D eigenvalue weighted by molar-refractivity contribution is 5.30. The van der Waals surface area contributed by atoms with Gasteiger partial charge in [-0.3, -0.25) is 0 Å². The molecule has 0 unspecified atom stereocenters. The summed E-state index contributed by atoms with van der Waals surface area (Å²) >= 11 is 0. The van der Waals surface area contributed by atoms with Crippen LogP contribution in [0, 0.1) is 11.6 Å². The molecule has 100 valence electrons. The molecule has 1 atom stereocenters. The number of hydrogen-bond donors (Lipinski definition) is 1. The summed E-state index contributed by atoms with van der Waals surface area (Å²) in [5, 5.41) is 9.31. The number of halogens is 2. The minimum Gasteiger partial charge on any atom is -0.489 e. The van der Waals surface area contributed by atoms with E-state index in [2.05, 4.69) is 0 Å². The predicted molar refractivity (Wildman–Crippen MR) is 67.8 cm³/mol. The second-order valence-corrected chi connectivity index (χ2v) is 4.28. The van der Waals surface area contributed by atoms with E-state index in [0.29, 0.717) is 11.3 Å². The molecule has 0 aliphatic rings. The molecular weight excluding hydrogens is 250 g/mol. The smallest absolute Gasteiger partial charge is 0.132 e. The van der Waals surface area contributed by atoms with E-state index in [4.69, 9.17) is 4.74 Å². The van der Waals surface area contributed by atoms with Gasteiger partial charge in [0.2, 0.25) is 0 Å². The summed E-state index contributed by atoms with van der Waals surface area (Å²) in [6.45, 7) is 1.65. The summed E-state index contributed by atoms with van der Waals surface area (Å²) in [4.78, 5) is 0. The van der Waals surface area contributed by atoms with Crippen LogP contribution < -0.4 is 4.74 Å². The minimum absolute atomic E-state index is 0.158. The lowest BCUT2D eigenvalue weighted by Crippen LogP contribution is -1.99. The normalized spacial score (nSPS) is 12.2. The molecule has 2 nitrogen and oxygen atoms in total. The first-order valence-electron chi connectivity index (χ1n) is 5.91. The summed E-state index contributed by atoms with van der Waals surface area (Å²) in [6.07, 6.45) is -0.864. The van der Waals surface area contributed by atoms with Crippen molar-refractivity contribution in [3.05, 3.63) is 65.2 Å². The maximum Gasteiger partial charge on any atom is 0.132 e. The molecular formula is C15H14F2O2. The number of rotatable bonds is 4. The molecule has 0 spiro atoms. The van der Waals surface area contributed by atoms with Gasteiger partial charge in [0.15, 0.2) is 0 Å². The fourth-order valence-electron chi connectivity index (χ4n) is 1.73. The molecule has 0 heterocycles. The monoisotopic (exact) mass is 264 g/mol. The zero-order valence-electron chi connectivity index (χ0n) is 10.4. The second kappa shape index (κ2) is 5.80. The molecule has 0 aromatic heterocycles. The van der Waals surface area contributed by atoms with Gasteiger partial charge in [0, 0.05) is 11.6 Å². The Hall–Kier alpha value is -1.94. The Balaban J connectivity index is 2.06. The van der Waals surface area contributed by atoms with Gasteiger partial charge in [-0.1, -0.05) is 12.1 Å². The number of hydrogen-bond acceptors (Lipinski definition) is 2. The summed E-state index contributed by atoms with van der Waals surface area (Å²) in [6, 6.07) is 10.3. The van der Waals surface area contributed by atoms with E-state index in [-0.39, 0.29) is 18.0 Å². The van der Waals surface area contributed by atoms with Crippen LogP contribution in [0.3, 0.4) is 0 Å². The molecule has 0 radical (unpaired) electrons. The molecule has 0 aliphatic carbocycles. The van der Waals surface area contributed by atoms with Crippen molar-refractivity contribution in [3.8, 4) is 5.75 Å². The van der Waals surface area contributed by atoms with Crippen molar-refractivity contribution < 1.29 is 18.6 Å². The van der Waals surface area contributed by atoms with E-state index in [1.165, 1.54) is 31.2 Å². The zero-order chi connectivity index (χ0) is 13.8. The van der Waals surface area contributed by atoms with E-state index < -0.39 is 11.9 Å². The molecule has 0 saturated carbocycles. The quantitative estimate of drug-likeness (QED) is 0.914. The number of ether oxygens (including phenoxy) is 1. The maximum absolute atomic E-state index is 13.6. The van der Waals surface area contributed by atoms with Crippen molar-refractivity contribution in [3.63, 3.8) is 0 Å². The van der Waals surface area contributed by atoms with Crippen LogP contribution in [0.2, 0.25) is 0 Å². The van der Waals surface area contributed by atoms with Crippen molar-refractivity contribution in [2.24, 2.45) is 0 Å². The molecule has 0 amide bonds. The molecule has 4 heteroatoms. The summed E-state index contributed by atoms with van der Waals surface area (Å²) in [7, 11) is 0. The molecule has 0 aliphatic heterocycles. The molecule has 0 fully saturated rings. The first-order valence-corrected chi connectivity index (χ1v) is 5.91. The molecule has 2 aromatic rings. The Morgan fingerprint density at radius 1 is 1.16 bits per heavy atom. The fourth-order valence-corrected chi connectivity index (χ4v) is 1.73. The molecule has 1 N–H and O–H groups in total. The van der Waals surface area contributed by atoms with Crippen LogP contribution in [0.5, 0.6) is 5.75 Å². The highest BCUT2D eigenvalue weighted by atomic mass is 19.1. The number of aliphatic hydroxyl groups is 1. The van der Waals surface area contributed by atoms with Crippen molar-refractivity contribution in [2.45, 2.75) is 19.6 Å². The Morgan fingerprint density at radius 3 is 2.58 bits per heavy atom. The molecule has 19 heavy (non-hydrogen) atoms. The van der Waals surface area contributed by atoms with Crippen LogP contribution in [0.1, 0.15) is 24.2 Å². The van der Waals surface area contributed by atoms with Crippen LogP contribution in [0.15, 0.2) is 42.5 Å². The number of benzene rings is 2. The standard InChI is InChI=1S/C15H14F2O2/c1-10(18)14-6-5-13(8-15(14)17)19-9-11-3-2-4-12(16)7-11/h2-8,10,18H,9H2,1H3/t10-/m0/s1. The Kier molecular flexibility index (Phi) is 4.12. The molecule has 2 rings (SSSR count). The van der Waals surface area contributed by atoms with Gasteiger partial charge < -0.3 is 9.84 Å². The van der Waals surface area contributed by atoms with Crippen LogP contribution in [-0.2, 0) is 6.61 Å². The Bertz CT molecular complexity index is 568. The highest BCUT2D eigenvalue weighted by Crippen LogP contribution is 2.22. The fraction of sp³-hybridized carbons (Fsp3) is 0.200. The third-order valence-electron chi connectivity index (χ3n) is 2.72. The summed E-state index contributed by atoms with van der Waals surface area (Å²) in [5.41, 5.74) is 0.887. The summed E-state index contributed by atoms with van der Waals surface area (Å²) in [5.74, 6) is -0.519. The van der Waals surface area contributed by atoms with Gasteiger partial charge in [0.1, 0.15) is 24.0 Å². The lowest BCUT2D eigenvalue weighted by Gasteiger charge is -2.10. The van der Waals surface area contributed by atoms with Gasteiger partial charge in [0.05, 0.1) is 6.10 Å². The van der Waals surface area contributed by atoms with Crippen molar-refractivity contribution >= 4 is 0 Å². The molecule has 2 aromatic carbocycles. The van der Waals surface area contributed by atoms with Gasteiger partial charge in [-0.2, -0.15) is 0 Å². The van der Waals surface area contributed by atoms with Crippen LogP contribution in [0.25, 0.3) is 0 Å². The lowest BCUT2D eigenvalue weighted by molar-refractivity contribution is 0.194. The molecule has 0 bridgehead atoms. The SMILES string of the molecule is C[C@H](O)c1ccc(OCc2cccc(F)c2)cc1F. The topological polar surface area (TPSA) is 29.5 Å². The van der Waals surface area contributed by atoms with Gasteiger partial charge in [-0.05, 0) is 36.8 Å². The first kappa shape index (κ1) is 13.5. The Labute approximate surface area is 110 Å². The summed E-state index contributed by atoms with van der Waals surface area (Å²) < 4.78 is 31.9. The van der Waals surface area contributed by atoms with Crippen molar-refractivity contribution in [1.29, 1.82) is 0 Å². The van der Waals surface area contributed by atoms with E-state index in [1.54, 1.807) is 18.2 Å². The van der Waals surface area contributed by atoms with Crippen molar-refractivity contribution in [2.75, 3.05) is 0 Å². The van der Waals surface area contributed by atoms with Gasteiger partial charge in [-0.25, -0.2) is 8.78 Å². The third-order valence-corrected chi connectivity index (χ3v) is 2.72. The average Bonchev–Trinajstić information content (AvgIpc) is 2.36. The van der Waals surface area contributed by atoms with Crippen LogP contribution in [-0.4, -0.2) is 5.11 Å². The van der Waals surface area contributed by atoms with Gasteiger partial charge in [-0.15, -0.1) is 0 Å². The molecule has 0 saturated heterocycles. The van der Waals surface area contributed by atoms with Gasteiger partial charge >= 0.3 is 0 Å². The lowest BCUT2D eigenvalue weighted by atomic mass is 10.1. The second-order valence-electron chi connectivity index (χ2n) is 4.28. The van der Waals surface area contributed by atoms with E-state index >= 15 is 0 Å². The van der Waals surface area contributed by atoms with E-state index in [1.807, 2.05) is 0 Å². The highest BCUT2D eigenvalue weighted by Gasteiger charge is 2.09. The van der Waals surface area contributed by atoms with Crippen LogP contribution >= 0.6 is 0 Å². The zero-order valence-corrected chi connectivity index (χ0v) is 10.4. The number of aliphatic hydroxyl groups excluding tert-OH is 1. The largest absolute Gasteiger partial charge is 0.489 e. The predicted octanol–water partition coefficient (Wildman–Crippen LogP) is 3.60.